The minimum absolute atomic E-state index is 0.0432. The zero-order chi connectivity index (χ0) is 32.9. The first kappa shape index (κ1) is 33.6. The van der Waals surface area contributed by atoms with Gasteiger partial charge in [0, 0.05) is 11.6 Å². The molecular formula is C26H13Cl4F8N3O3. The smallest absolute Gasteiger partial charge is 0.326 e. The Balaban J connectivity index is 1.52. The van der Waals surface area contributed by atoms with Gasteiger partial charge in [-0.1, -0.05) is 29.3 Å². The molecule has 3 aromatic carbocycles. The summed E-state index contributed by atoms with van der Waals surface area (Å²) >= 11 is 24.4. The number of carbonyl (C=O) groups excluding carboxylic acids is 3. The highest BCUT2D eigenvalue weighted by Gasteiger charge is 2.67. The third-order valence-electron chi connectivity index (χ3n) is 6.34. The van der Waals surface area contributed by atoms with E-state index in [1.54, 1.807) is 0 Å². The van der Waals surface area contributed by atoms with Gasteiger partial charge in [0.25, 0.3) is 5.91 Å². The Morgan fingerprint density at radius 3 is 2.02 bits per heavy atom. The van der Waals surface area contributed by atoms with Crippen LogP contribution in [0.2, 0.25) is 10.0 Å². The maximum atomic E-state index is 14.9. The van der Waals surface area contributed by atoms with Crippen LogP contribution in [0.5, 0.6) is 0 Å². The van der Waals surface area contributed by atoms with E-state index in [1.165, 1.54) is 18.2 Å². The predicted octanol–water partition coefficient (Wildman–Crippen LogP) is 8.33. The second-order valence-corrected chi connectivity index (χ2v) is 11.5. The van der Waals surface area contributed by atoms with E-state index in [-0.39, 0.29) is 15.7 Å². The van der Waals surface area contributed by atoms with Crippen LogP contribution in [0.3, 0.4) is 0 Å². The van der Waals surface area contributed by atoms with Crippen LogP contribution >= 0.6 is 46.4 Å². The molecule has 0 aromatic heterocycles. The average Bonchev–Trinajstić information content (AvgIpc) is 3.51. The minimum Gasteiger partial charge on any atom is -0.326 e. The van der Waals surface area contributed by atoms with Crippen molar-refractivity contribution in [2.24, 2.45) is 5.92 Å². The highest BCUT2D eigenvalue weighted by Crippen LogP contribution is 2.65. The first-order valence-corrected chi connectivity index (χ1v) is 13.3. The summed E-state index contributed by atoms with van der Waals surface area (Å²) in [5.41, 5.74) is -2.73. The first-order chi connectivity index (χ1) is 20.3. The standard InChI is InChI=1S/C26H13Cl4F8N3O3/c27-12-3-2-10(39-22(43)18-17(24(18,29)30)9-1-4-14(31)13(28)7-9)8-11(12)21(42)40-16-6-5-15(32)20(19(16)33)41-23(44)25(34,35)26(36,37)38/h1-8,17-18H,(H,39,43)(H,40,42)(H,41,44)/t17?,18-/m1/s1. The number of alkyl halides is 7. The van der Waals surface area contributed by atoms with Crippen molar-refractivity contribution in [2.75, 3.05) is 16.0 Å². The van der Waals surface area contributed by atoms with Crippen molar-refractivity contribution >= 4 is 81.2 Å². The van der Waals surface area contributed by atoms with Crippen molar-refractivity contribution in [3.05, 3.63) is 87.2 Å². The van der Waals surface area contributed by atoms with Gasteiger partial charge in [-0.05, 0) is 48.0 Å². The number of amides is 3. The van der Waals surface area contributed by atoms with Crippen LogP contribution in [0.4, 0.5) is 52.2 Å². The summed E-state index contributed by atoms with van der Waals surface area (Å²) in [6.45, 7) is 0. The molecule has 3 aromatic rings. The third kappa shape index (κ3) is 6.39. The van der Waals surface area contributed by atoms with Gasteiger partial charge in [-0.2, -0.15) is 22.0 Å². The largest absolute Gasteiger partial charge is 0.463 e. The molecule has 1 unspecified atom stereocenters. The SMILES string of the molecule is O=C(Nc1ccc(F)c(NC(=O)C(F)(F)C(F)(F)F)c1F)c1cc(NC(=O)[C@H]2C(c3ccc(F)c(Cl)c3)C2(Cl)Cl)ccc1Cl. The van der Waals surface area contributed by atoms with Gasteiger partial charge in [-0.3, -0.25) is 14.4 Å². The molecule has 0 saturated heterocycles. The summed E-state index contributed by atoms with van der Waals surface area (Å²) in [6, 6.07) is 8.08. The van der Waals surface area contributed by atoms with E-state index in [4.69, 9.17) is 46.4 Å². The summed E-state index contributed by atoms with van der Waals surface area (Å²) in [4.78, 5) is 37.3. The van der Waals surface area contributed by atoms with Crippen molar-refractivity contribution in [3.63, 3.8) is 0 Å². The molecule has 0 heterocycles. The fraction of sp³-hybridized carbons (Fsp3) is 0.192. The fourth-order valence-electron chi connectivity index (χ4n) is 4.04. The van der Waals surface area contributed by atoms with E-state index in [0.717, 1.165) is 23.5 Å². The summed E-state index contributed by atoms with van der Waals surface area (Å²) in [6.07, 6.45) is -6.36. The van der Waals surface area contributed by atoms with Gasteiger partial charge in [0.2, 0.25) is 5.91 Å². The molecule has 1 aliphatic carbocycles. The second-order valence-electron chi connectivity index (χ2n) is 9.25. The molecule has 1 fully saturated rings. The van der Waals surface area contributed by atoms with Crippen molar-refractivity contribution in [2.45, 2.75) is 22.4 Å². The third-order valence-corrected chi connectivity index (χ3v) is 7.90. The Morgan fingerprint density at radius 2 is 1.41 bits per heavy atom. The number of anilines is 3. The maximum absolute atomic E-state index is 14.9. The molecule has 234 valence electrons. The Labute approximate surface area is 261 Å². The molecule has 0 radical (unpaired) electrons. The minimum atomic E-state index is -6.36. The van der Waals surface area contributed by atoms with Crippen molar-refractivity contribution < 1.29 is 49.5 Å². The summed E-state index contributed by atoms with van der Waals surface area (Å²) in [5.74, 6) is -17.2. The fourth-order valence-corrected chi connectivity index (χ4v) is 5.27. The molecule has 0 aliphatic heterocycles. The summed E-state index contributed by atoms with van der Waals surface area (Å²) < 4.78 is 105. The second kappa shape index (κ2) is 11.9. The van der Waals surface area contributed by atoms with Crippen LogP contribution < -0.4 is 16.0 Å². The maximum Gasteiger partial charge on any atom is 0.463 e. The monoisotopic (exact) mass is 707 g/mol. The Hall–Kier alpha value is -3.33. The van der Waals surface area contributed by atoms with E-state index in [2.05, 4.69) is 5.32 Å². The molecule has 0 bridgehead atoms. The number of hydrogen-bond donors (Lipinski definition) is 3. The van der Waals surface area contributed by atoms with Crippen LogP contribution in [0.15, 0.2) is 48.5 Å². The molecule has 6 nitrogen and oxygen atoms in total. The van der Waals surface area contributed by atoms with Crippen LogP contribution in [0.1, 0.15) is 21.8 Å². The van der Waals surface area contributed by atoms with E-state index in [1.807, 2.05) is 5.32 Å². The van der Waals surface area contributed by atoms with E-state index >= 15 is 0 Å². The molecule has 1 aliphatic rings. The average molecular weight is 709 g/mol. The number of hydrogen-bond acceptors (Lipinski definition) is 3. The summed E-state index contributed by atoms with van der Waals surface area (Å²) in [5, 5.41) is 4.74. The molecule has 3 N–H and O–H groups in total. The van der Waals surface area contributed by atoms with Gasteiger partial charge >= 0.3 is 18.0 Å². The van der Waals surface area contributed by atoms with Gasteiger partial charge in [0.05, 0.1) is 27.2 Å². The molecule has 0 spiro atoms. The van der Waals surface area contributed by atoms with Crippen LogP contribution in [0, 0.1) is 23.4 Å². The Morgan fingerprint density at radius 1 is 0.773 bits per heavy atom. The van der Waals surface area contributed by atoms with Crippen LogP contribution in [-0.2, 0) is 9.59 Å². The van der Waals surface area contributed by atoms with Gasteiger partial charge < -0.3 is 16.0 Å². The van der Waals surface area contributed by atoms with Gasteiger partial charge in [0.1, 0.15) is 21.7 Å². The molecule has 3 amide bonds. The van der Waals surface area contributed by atoms with E-state index in [9.17, 15) is 49.5 Å². The van der Waals surface area contributed by atoms with E-state index in [0.29, 0.717) is 17.7 Å². The number of rotatable bonds is 7. The van der Waals surface area contributed by atoms with Crippen LogP contribution in [-0.4, -0.2) is 34.2 Å². The van der Waals surface area contributed by atoms with Crippen molar-refractivity contribution in [1.82, 2.24) is 0 Å². The molecule has 44 heavy (non-hydrogen) atoms. The topological polar surface area (TPSA) is 87.3 Å². The molecular weight excluding hydrogens is 696 g/mol. The normalized spacial score (nSPS) is 17.5. The number of nitrogens with one attached hydrogen (secondary N) is 3. The zero-order valence-electron chi connectivity index (χ0n) is 21.0. The zero-order valence-corrected chi connectivity index (χ0v) is 24.1. The number of benzene rings is 3. The lowest BCUT2D eigenvalue weighted by Gasteiger charge is -2.19. The quantitative estimate of drug-likeness (QED) is 0.170. The first-order valence-electron chi connectivity index (χ1n) is 11.8. The Kier molecular flexibility index (Phi) is 9.06. The lowest BCUT2D eigenvalue weighted by Crippen LogP contribution is -2.47. The Bertz CT molecular complexity index is 1690. The van der Waals surface area contributed by atoms with Crippen molar-refractivity contribution in [3.8, 4) is 0 Å². The van der Waals surface area contributed by atoms with Gasteiger partial charge in [-0.25, -0.2) is 13.2 Å². The lowest BCUT2D eigenvalue weighted by molar-refractivity contribution is -0.267. The van der Waals surface area contributed by atoms with Gasteiger partial charge in [0.15, 0.2) is 5.82 Å². The molecule has 2 atom stereocenters. The number of carbonyl (C=O) groups is 3. The molecule has 18 heteroatoms. The number of halogens is 12. The van der Waals surface area contributed by atoms with Crippen LogP contribution in [0.25, 0.3) is 0 Å². The molecule has 1 saturated carbocycles. The predicted molar refractivity (Wildman–Crippen MR) is 146 cm³/mol. The van der Waals surface area contributed by atoms with Gasteiger partial charge in [-0.15, -0.1) is 23.2 Å². The summed E-state index contributed by atoms with van der Waals surface area (Å²) in [7, 11) is 0. The van der Waals surface area contributed by atoms with Crippen molar-refractivity contribution in [1.29, 1.82) is 0 Å². The van der Waals surface area contributed by atoms with E-state index < -0.39 is 80.4 Å². The molecule has 4 rings (SSSR count). The highest BCUT2D eigenvalue weighted by atomic mass is 35.5. The lowest BCUT2D eigenvalue weighted by atomic mass is 10.1. The highest BCUT2D eigenvalue weighted by molar-refractivity contribution is 6.53.